The molecule has 1 aromatic rings. The van der Waals surface area contributed by atoms with E-state index in [9.17, 15) is 9.59 Å². The first-order valence-corrected chi connectivity index (χ1v) is 4.60. The Morgan fingerprint density at radius 1 is 1.60 bits per heavy atom. The number of aromatic nitrogens is 2. The minimum Gasteiger partial charge on any atom is -0.277 e. The van der Waals surface area contributed by atoms with Crippen molar-refractivity contribution in [1.29, 1.82) is 0 Å². The van der Waals surface area contributed by atoms with Gasteiger partial charge in [0.1, 0.15) is 0 Å². The molecule has 82 valence electrons. The summed E-state index contributed by atoms with van der Waals surface area (Å²) in [6.07, 6.45) is 0.780. The summed E-state index contributed by atoms with van der Waals surface area (Å²) in [5, 5.41) is 3.89. The van der Waals surface area contributed by atoms with Crippen molar-refractivity contribution in [3.63, 3.8) is 0 Å². The number of carbonyl (C=O) groups is 1. The summed E-state index contributed by atoms with van der Waals surface area (Å²) in [4.78, 5) is 27.0. The zero-order valence-electron chi connectivity index (χ0n) is 8.69. The topological polar surface area (TPSA) is 73.2 Å². The van der Waals surface area contributed by atoms with Gasteiger partial charge in [0.2, 0.25) is 0 Å². The largest absolute Gasteiger partial charge is 0.295 e. The second-order valence-corrected chi connectivity index (χ2v) is 2.92. The van der Waals surface area contributed by atoms with Crippen LogP contribution in [0.25, 0.3) is 0 Å². The molecule has 0 radical (unpaired) electrons. The second-order valence-electron chi connectivity index (χ2n) is 2.92. The van der Waals surface area contributed by atoms with Gasteiger partial charge in [0, 0.05) is 12.6 Å². The van der Waals surface area contributed by atoms with Crippen molar-refractivity contribution in [3.8, 4) is 0 Å². The van der Waals surface area contributed by atoms with Crippen molar-refractivity contribution in [2.45, 2.75) is 19.9 Å². The summed E-state index contributed by atoms with van der Waals surface area (Å²) in [5.74, 6) is -0.470. The van der Waals surface area contributed by atoms with Crippen LogP contribution in [0.15, 0.2) is 16.9 Å². The number of nitrogens with one attached hydrogen (secondary N) is 1. The molecule has 0 aliphatic rings. The van der Waals surface area contributed by atoms with Gasteiger partial charge in [-0.3, -0.25) is 14.4 Å². The molecular weight excluding hydrogens is 198 g/mol. The van der Waals surface area contributed by atoms with Crippen molar-refractivity contribution in [1.82, 2.24) is 15.3 Å². The predicted octanol–water partition coefficient (Wildman–Crippen LogP) is -0.0555. The van der Waals surface area contributed by atoms with E-state index in [0.29, 0.717) is 6.54 Å². The Morgan fingerprint density at radius 3 is 2.93 bits per heavy atom. The maximum atomic E-state index is 11.3. The van der Waals surface area contributed by atoms with Gasteiger partial charge in [-0.1, -0.05) is 6.92 Å². The average Bonchev–Trinajstić information content (AvgIpc) is 2.22. The SMILES string of the molecule is CCCn1nc(C(=O)NOC)ccc1=O. The Hall–Kier alpha value is -1.69. The lowest BCUT2D eigenvalue weighted by molar-refractivity contribution is 0.0530. The highest BCUT2D eigenvalue weighted by Gasteiger charge is 2.08. The van der Waals surface area contributed by atoms with Crippen molar-refractivity contribution in [2.24, 2.45) is 0 Å². The van der Waals surface area contributed by atoms with E-state index in [-0.39, 0.29) is 11.3 Å². The van der Waals surface area contributed by atoms with Crippen LogP contribution in [0.3, 0.4) is 0 Å². The molecule has 1 amide bonds. The molecule has 1 heterocycles. The maximum absolute atomic E-state index is 11.3. The van der Waals surface area contributed by atoms with Crippen LogP contribution in [0.2, 0.25) is 0 Å². The fourth-order valence-electron chi connectivity index (χ4n) is 1.09. The third kappa shape index (κ3) is 2.88. The summed E-state index contributed by atoms with van der Waals surface area (Å²) >= 11 is 0. The highest BCUT2D eigenvalue weighted by molar-refractivity contribution is 5.91. The average molecular weight is 211 g/mol. The van der Waals surface area contributed by atoms with E-state index >= 15 is 0 Å². The molecule has 1 aromatic heterocycles. The first-order chi connectivity index (χ1) is 7.19. The van der Waals surface area contributed by atoms with Gasteiger partial charge in [0.15, 0.2) is 5.69 Å². The molecule has 0 fully saturated rings. The lowest BCUT2D eigenvalue weighted by Crippen LogP contribution is -2.29. The van der Waals surface area contributed by atoms with Gasteiger partial charge < -0.3 is 0 Å². The van der Waals surface area contributed by atoms with Gasteiger partial charge in [-0.05, 0) is 12.5 Å². The van der Waals surface area contributed by atoms with Gasteiger partial charge >= 0.3 is 0 Å². The monoisotopic (exact) mass is 211 g/mol. The third-order valence-electron chi connectivity index (χ3n) is 1.73. The number of hydrogen-bond donors (Lipinski definition) is 1. The van der Waals surface area contributed by atoms with Crippen molar-refractivity contribution >= 4 is 5.91 Å². The summed E-state index contributed by atoms with van der Waals surface area (Å²) in [6, 6.07) is 2.68. The van der Waals surface area contributed by atoms with Gasteiger partial charge in [-0.15, -0.1) is 0 Å². The number of hydrogen-bond acceptors (Lipinski definition) is 4. The van der Waals surface area contributed by atoms with Gasteiger partial charge in [0.25, 0.3) is 11.5 Å². The predicted molar refractivity (Wildman–Crippen MR) is 53.3 cm³/mol. The van der Waals surface area contributed by atoms with E-state index in [4.69, 9.17) is 0 Å². The third-order valence-corrected chi connectivity index (χ3v) is 1.73. The molecule has 0 aromatic carbocycles. The summed E-state index contributed by atoms with van der Waals surface area (Å²) in [7, 11) is 1.33. The lowest BCUT2D eigenvalue weighted by atomic mass is 10.4. The summed E-state index contributed by atoms with van der Waals surface area (Å²) < 4.78 is 1.25. The van der Waals surface area contributed by atoms with Crippen LogP contribution < -0.4 is 11.0 Å². The van der Waals surface area contributed by atoms with Crippen LogP contribution in [0.1, 0.15) is 23.8 Å². The molecule has 6 nitrogen and oxygen atoms in total. The zero-order valence-corrected chi connectivity index (χ0v) is 8.69. The molecule has 6 heteroatoms. The quantitative estimate of drug-likeness (QED) is 0.708. The Balaban J connectivity index is 2.96. The Bertz CT molecular complexity index is 400. The smallest absolute Gasteiger partial charge is 0.277 e. The maximum Gasteiger partial charge on any atom is 0.295 e. The normalized spacial score (nSPS) is 10.0. The molecule has 15 heavy (non-hydrogen) atoms. The van der Waals surface area contributed by atoms with Crippen LogP contribution in [0, 0.1) is 0 Å². The fourth-order valence-corrected chi connectivity index (χ4v) is 1.09. The number of nitrogens with zero attached hydrogens (tertiary/aromatic N) is 2. The van der Waals surface area contributed by atoms with Crippen LogP contribution in [-0.4, -0.2) is 22.8 Å². The second kappa shape index (κ2) is 5.26. The molecule has 0 spiro atoms. The number of amides is 1. The number of hydroxylamine groups is 1. The highest BCUT2D eigenvalue weighted by Crippen LogP contribution is 1.91. The number of rotatable bonds is 4. The molecular formula is C9H13N3O3. The van der Waals surface area contributed by atoms with E-state index in [1.807, 2.05) is 6.92 Å². The minimum atomic E-state index is -0.470. The van der Waals surface area contributed by atoms with Gasteiger partial charge in [0.05, 0.1) is 7.11 Å². The minimum absolute atomic E-state index is 0.157. The Labute approximate surface area is 86.8 Å². The van der Waals surface area contributed by atoms with Gasteiger partial charge in [-0.25, -0.2) is 10.2 Å². The molecule has 0 atom stereocenters. The molecule has 0 aliphatic heterocycles. The molecule has 1 N–H and O–H groups in total. The van der Waals surface area contributed by atoms with E-state index in [1.165, 1.54) is 23.9 Å². The molecule has 0 unspecified atom stereocenters. The summed E-state index contributed by atoms with van der Waals surface area (Å²) in [6.45, 7) is 2.42. The van der Waals surface area contributed by atoms with Crippen molar-refractivity contribution in [3.05, 3.63) is 28.2 Å². The highest BCUT2D eigenvalue weighted by atomic mass is 16.6. The fraction of sp³-hybridized carbons (Fsp3) is 0.444. The zero-order chi connectivity index (χ0) is 11.3. The van der Waals surface area contributed by atoms with E-state index in [2.05, 4.69) is 15.4 Å². The lowest BCUT2D eigenvalue weighted by Gasteiger charge is -2.04. The summed E-state index contributed by atoms with van der Waals surface area (Å²) in [5.41, 5.74) is 2.07. The van der Waals surface area contributed by atoms with Crippen LogP contribution >= 0.6 is 0 Å². The standard InChI is InChI=1S/C9H13N3O3/c1-3-6-12-8(13)5-4-7(10-12)9(14)11-15-2/h4-5H,3,6H2,1-2H3,(H,11,14). The molecule has 0 aliphatic carbocycles. The van der Waals surface area contributed by atoms with Crippen molar-refractivity contribution < 1.29 is 9.63 Å². The first-order valence-electron chi connectivity index (χ1n) is 4.60. The molecule has 0 saturated carbocycles. The molecule has 0 saturated heterocycles. The van der Waals surface area contributed by atoms with E-state index < -0.39 is 5.91 Å². The molecule has 1 rings (SSSR count). The first kappa shape index (κ1) is 11.4. The van der Waals surface area contributed by atoms with Crippen LogP contribution in [0.5, 0.6) is 0 Å². The van der Waals surface area contributed by atoms with Gasteiger partial charge in [-0.2, -0.15) is 5.10 Å². The Kier molecular flexibility index (Phi) is 3.99. The van der Waals surface area contributed by atoms with Crippen LogP contribution in [-0.2, 0) is 11.4 Å². The van der Waals surface area contributed by atoms with Crippen LogP contribution in [0.4, 0.5) is 0 Å². The van der Waals surface area contributed by atoms with E-state index in [0.717, 1.165) is 6.42 Å². The number of aryl methyl sites for hydroxylation is 1. The molecule has 0 bridgehead atoms. The number of carbonyl (C=O) groups excluding carboxylic acids is 1. The van der Waals surface area contributed by atoms with E-state index in [1.54, 1.807) is 0 Å². The van der Waals surface area contributed by atoms with Crippen molar-refractivity contribution in [2.75, 3.05) is 7.11 Å². The Morgan fingerprint density at radius 2 is 2.33 bits per heavy atom.